The lowest BCUT2D eigenvalue weighted by Gasteiger charge is -2.06. The number of aryl methyl sites for hydroxylation is 2. The molecular formula is C16H24N4O2. The number of amides is 1. The van der Waals surface area contributed by atoms with Crippen LogP contribution >= 0.6 is 0 Å². The Morgan fingerprint density at radius 3 is 2.91 bits per heavy atom. The fraction of sp³-hybridized carbons (Fsp3) is 0.500. The van der Waals surface area contributed by atoms with Gasteiger partial charge in [-0.05, 0) is 18.6 Å². The van der Waals surface area contributed by atoms with Crippen molar-refractivity contribution in [2.24, 2.45) is 7.05 Å². The van der Waals surface area contributed by atoms with Crippen LogP contribution < -0.4 is 10.6 Å². The van der Waals surface area contributed by atoms with Gasteiger partial charge in [0.05, 0.1) is 24.2 Å². The third-order valence-electron chi connectivity index (χ3n) is 3.55. The first-order chi connectivity index (χ1) is 10.7. The van der Waals surface area contributed by atoms with Crippen LogP contribution in [0.15, 0.2) is 24.3 Å². The quantitative estimate of drug-likeness (QED) is 0.674. The molecule has 0 aliphatic carbocycles. The second-order valence-corrected chi connectivity index (χ2v) is 5.20. The molecule has 1 amide bonds. The Balaban J connectivity index is 1.69. The molecule has 0 unspecified atom stereocenters. The van der Waals surface area contributed by atoms with Crippen molar-refractivity contribution in [3.05, 3.63) is 30.1 Å². The average Bonchev–Trinajstić information content (AvgIpc) is 2.85. The van der Waals surface area contributed by atoms with Gasteiger partial charge in [0.25, 0.3) is 0 Å². The number of para-hydroxylation sites is 2. The fourth-order valence-electron chi connectivity index (χ4n) is 2.33. The Kier molecular flexibility index (Phi) is 6.36. The van der Waals surface area contributed by atoms with E-state index in [2.05, 4.69) is 26.3 Å². The van der Waals surface area contributed by atoms with E-state index in [0.29, 0.717) is 26.2 Å². The summed E-state index contributed by atoms with van der Waals surface area (Å²) in [6.07, 6.45) is 1.73. The number of carbonyl (C=O) groups excluding carboxylic acids is 1. The zero-order valence-corrected chi connectivity index (χ0v) is 13.3. The molecule has 22 heavy (non-hydrogen) atoms. The SMILES string of the molecule is COCCNCC(=O)NCCCc1nc2ccccc2n1C. The summed E-state index contributed by atoms with van der Waals surface area (Å²) in [5.41, 5.74) is 2.16. The van der Waals surface area contributed by atoms with Crippen LogP contribution in [0, 0.1) is 0 Å². The van der Waals surface area contributed by atoms with E-state index in [1.54, 1.807) is 7.11 Å². The molecule has 2 rings (SSSR count). The number of rotatable bonds is 9. The van der Waals surface area contributed by atoms with Gasteiger partial charge in [-0.15, -0.1) is 0 Å². The maximum Gasteiger partial charge on any atom is 0.233 e. The van der Waals surface area contributed by atoms with Gasteiger partial charge in [0.15, 0.2) is 0 Å². The van der Waals surface area contributed by atoms with Gasteiger partial charge in [0.2, 0.25) is 5.91 Å². The summed E-state index contributed by atoms with van der Waals surface area (Å²) >= 11 is 0. The monoisotopic (exact) mass is 304 g/mol. The minimum Gasteiger partial charge on any atom is -0.383 e. The number of nitrogens with one attached hydrogen (secondary N) is 2. The van der Waals surface area contributed by atoms with Crippen LogP contribution in [-0.2, 0) is 23.0 Å². The predicted octanol–water partition coefficient (Wildman–Crippen LogP) is 0.858. The molecule has 0 aliphatic heterocycles. The van der Waals surface area contributed by atoms with E-state index < -0.39 is 0 Å². The summed E-state index contributed by atoms with van der Waals surface area (Å²) in [5, 5.41) is 5.92. The summed E-state index contributed by atoms with van der Waals surface area (Å²) < 4.78 is 7.02. The first-order valence-electron chi connectivity index (χ1n) is 7.59. The topological polar surface area (TPSA) is 68.2 Å². The summed E-state index contributed by atoms with van der Waals surface area (Å²) in [5.74, 6) is 1.06. The fourth-order valence-corrected chi connectivity index (χ4v) is 2.33. The molecule has 6 nitrogen and oxygen atoms in total. The smallest absolute Gasteiger partial charge is 0.233 e. The number of imidazole rings is 1. The van der Waals surface area contributed by atoms with Gasteiger partial charge in [-0.25, -0.2) is 4.98 Å². The molecule has 0 radical (unpaired) electrons. The Hall–Kier alpha value is -1.92. The van der Waals surface area contributed by atoms with Crippen molar-refractivity contribution >= 4 is 16.9 Å². The normalized spacial score (nSPS) is 11.0. The van der Waals surface area contributed by atoms with Gasteiger partial charge in [-0.2, -0.15) is 0 Å². The Morgan fingerprint density at radius 1 is 1.32 bits per heavy atom. The highest BCUT2D eigenvalue weighted by Gasteiger charge is 2.07. The number of ether oxygens (including phenoxy) is 1. The number of methoxy groups -OCH3 is 1. The highest BCUT2D eigenvalue weighted by molar-refractivity contribution is 5.78. The van der Waals surface area contributed by atoms with E-state index in [4.69, 9.17) is 4.74 Å². The maximum absolute atomic E-state index is 11.6. The lowest BCUT2D eigenvalue weighted by molar-refractivity contribution is -0.120. The van der Waals surface area contributed by atoms with Crippen molar-refractivity contribution in [2.75, 3.05) is 33.4 Å². The lowest BCUT2D eigenvalue weighted by Crippen LogP contribution is -2.35. The zero-order valence-electron chi connectivity index (χ0n) is 13.3. The number of nitrogens with zero attached hydrogens (tertiary/aromatic N) is 2. The number of fused-ring (bicyclic) bond motifs is 1. The highest BCUT2D eigenvalue weighted by Crippen LogP contribution is 2.14. The van der Waals surface area contributed by atoms with Gasteiger partial charge >= 0.3 is 0 Å². The van der Waals surface area contributed by atoms with Crippen molar-refractivity contribution in [1.29, 1.82) is 0 Å². The largest absolute Gasteiger partial charge is 0.383 e. The standard InChI is InChI=1S/C16H24N4O2/c1-20-14-7-4-3-6-13(14)19-15(20)8-5-9-18-16(21)12-17-10-11-22-2/h3-4,6-7,17H,5,8-12H2,1-2H3,(H,18,21). The number of hydrogen-bond acceptors (Lipinski definition) is 4. The van der Waals surface area contributed by atoms with Crippen molar-refractivity contribution in [1.82, 2.24) is 20.2 Å². The van der Waals surface area contributed by atoms with Crippen LogP contribution in [0.1, 0.15) is 12.2 Å². The Bertz CT molecular complexity index is 609. The van der Waals surface area contributed by atoms with Crippen LogP contribution in [0.25, 0.3) is 11.0 Å². The second kappa shape index (κ2) is 8.51. The number of benzene rings is 1. The maximum atomic E-state index is 11.6. The molecule has 120 valence electrons. The van der Waals surface area contributed by atoms with E-state index in [1.165, 1.54) is 0 Å². The molecule has 0 atom stereocenters. The molecule has 0 aliphatic rings. The summed E-state index contributed by atoms with van der Waals surface area (Å²) in [6.45, 7) is 2.29. The Morgan fingerprint density at radius 2 is 2.14 bits per heavy atom. The molecule has 0 spiro atoms. The minimum atomic E-state index is 0.0149. The molecule has 0 saturated carbocycles. The van der Waals surface area contributed by atoms with Gasteiger partial charge in [-0.3, -0.25) is 4.79 Å². The van der Waals surface area contributed by atoms with Crippen molar-refractivity contribution in [2.45, 2.75) is 12.8 Å². The first-order valence-corrected chi connectivity index (χ1v) is 7.59. The van der Waals surface area contributed by atoms with E-state index >= 15 is 0 Å². The van der Waals surface area contributed by atoms with Gasteiger partial charge in [0.1, 0.15) is 5.82 Å². The third kappa shape index (κ3) is 4.54. The van der Waals surface area contributed by atoms with Gasteiger partial charge in [-0.1, -0.05) is 12.1 Å². The van der Waals surface area contributed by atoms with Gasteiger partial charge < -0.3 is 19.9 Å². The molecular weight excluding hydrogens is 280 g/mol. The average molecular weight is 304 g/mol. The molecule has 1 aromatic carbocycles. The van der Waals surface area contributed by atoms with Crippen LogP contribution in [0.4, 0.5) is 0 Å². The van der Waals surface area contributed by atoms with Crippen LogP contribution in [-0.4, -0.2) is 48.8 Å². The van der Waals surface area contributed by atoms with Crippen LogP contribution in [0.3, 0.4) is 0 Å². The van der Waals surface area contributed by atoms with E-state index in [9.17, 15) is 4.79 Å². The molecule has 1 aromatic heterocycles. The predicted molar refractivity (Wildman–Crippen MR) is 86.8 cm³/mol. The molecule has 2 N–H and O–H groups in total. The lowest BCUT2D eigenvalue weighted by atomic mass is 10.3. The number of carbonyl (C=O) groups is 1. The number of aromatic nitrogens is 2. The molecule has 0 saturated heterocycles. The first kappa shape index (κ1) is 16.5. The Labute approximate surface area is 130 Å². The zero-order chi connectivity index (χ0) is 15.8. The number of hydrogen-bond donors (Lipinski definition) is 2. The third-order valence-corrected chi connectivity index (χ3v) is 3.55. The summed E-state index contributed by atoms with van der Waals surface area (Å²) in [7, 11) is 3.67. The van der Waals surface area contributed by atoms with Crippen molar-refractivity contribution < 1.29 is 9.53 Å². The summed E-state index contributed by atoms with van der Waals surface area (Å²) in [4.78, 5) is 16.2. The second-order valence-electron chi connectivity index (χ2n) is 5.20. The minimum absolute atomic E-state index is 0.0149. The van der Waals surface area contributed by atoms with E-state index in [0.717, 1.165) is 29.7 Å². The molecule has 1 heterocycles. The van der Waals surface area contributed by atoms with Crippen LogP contribution in [0.5, 0.6) is 0 Å². The van der Waals surface area contributed by atoms with Crippen LogP contribution in [0.2, 0.25) is 0 Å². The van der Waals surface area contributed by atoms with Crippen molar-refractivity contribution in [3.63, 3.8) is 0 Å². The molecule has 0 fully saturated rings. The molecule has 0 bridgehead atoms. The molecule has 6 heteroatoms. The molecule has 2 aromatic rings. The van der Waals surface area contributed by atoms with Crippen molar-refractivity contribution in [3.8, 4) is 0 Å². The van der Waals surface area contributed by atoms with E-state index in [1.807, 2.05) is 25.2 Å². The van der Waals surface area contributed by atoms with Gasteiger partial charge in [0, 0.05) is 33.7 Å². The highest BCUT2D eigenvalue weighted by atomic mass is 16.5. The summed E-state index contributed by atoms with van der Waals surface area (Å²) in [6, 6.07) is 8.10. The van der Waals surface area contributed by atoms with E-state index in [-0.39, 0.29) is 5.91 Å².